The number of ketones is 1. The normalized spacial score (nSPS) is 21.0. The van der Waals surface area contributed by atoms with Gasteiger partial charge in [0, 0.05) is 34.1 Å². The average molecular weight is 579 g/mol. The van der Waals surface area contributed by atoms with Gasteiger partial charge in [0.15, 0.2) is 11.3 Å². The highest BCUT2D eigenvalue weighted by Gasteiger charge is 2.63. The van der Waals surface area contributed by atoms with Crippen molar-refractivity contribution in [3.8, 4) is 5.75 Å². The molecule has 3 aliphatic rings. The highest BCUT2D eigenvalue weighted by molar-refractivity contribution is 6.31. The van der Waals surface area contributed by atoms with E-state index in [0.717, 1.165) is 0 Å². The summed E-state index contributed by atoms with van der Waals surface area (Å²) in [6.45, 7) is 7.10. The topological polar surface area (TPSA) is 111 Å². The minimum absolute atomic E-state index is 0.00938. The predicted octanol–water partition coefficient (Wildman–Crippen LogP) is 5.08. The maximum Gasteiger partial charge on any atom is 0.339 e. The summed E-state index contributed by atoms with van der Waals surface area (Å²) in [5.41, 5.74) is -1.29. The number of carbonyl (C=O) groups excluding carboxylic acids is 4. The molecule has 0 radical (unpaired) electrons. The standard InChI is InChI=1S/C31H31ClN2O7/c1-6-40-27(36)25-24-22(15-30(3,4)16-23(24)35)34(18-9-11-19(39-5)12-10-18)31(26(25)28(37)41-7-2)20-14-17(32)8-13-21(20)33-29(31)38/h8-14H,6-7,15-16H2,1-5H3,(H,33,38). The van der Waals surface area contributed by atoms with Crippen molar-refractivity contribution in [1.82, 2.24) is 0 Å². The fourth-order valence-electron chi connectivity index (χ4n) is 6.05. The number of hydrogen-bond donors (Lipinski definition) is 1. The summed E-state index contributed by atoms with van der Waals surface area (Å²) >= 11 is 6.49. The fraction of sp³-hybridized carbons (Fsp3) is 0.355. The van der Waals surface area contributed by atoms with Crippen LogP contribution in [0.5, 0.6) is 5.75 Å². The van der Waals surface area contributed by atoms with Crippen LogP contribution >= 0.6 is 11.6 Å². The van der Waals surface area contributed by atoms with Crippen LogP contribution in [-0.4, -0.2) is 44.0 Å². The number of allylic oxidation sites excluding steroid dienone is 1. The van der Waals surface area contributed by atoms with E-state index in [1.54, 1.807) is 61.2 Å². The molecular weight excluding hydrogens is 548 g/mol. The lowest BCUT2D eigenvalue weighted by atomic mass is 9.66. The van der Waals surface area contributed by atoms with Crippen LogP contribution in [0, 0.1) is 5.41 Å². The van der Waals surface area contributed by atoms with Crippen LogP contribution in [0.1, 0.15) is 46.1 Å². The van der Waals surface area contributed by atoms with E-state index in [2.05, 4.69) is 5.32 Å². The van der Waals surface area contributed by atoms with Crippen molar-refractivity contribution in [2.75, 3.05) is 30.5 Å². The molecular formula is C31H31ClN2O7. The van der Waals surface area contributed by atoms with Gasteiger partial charge in [-0.25, -0.2) is 9.59 Å². The van der Waals surface area contributed by atoms with Crippen LogP contribution in [0.2, 0.25) is 5.02 Å². The summed E-state index contributed by atoms with van der Waals surface area (Å²) < 4.78 is 16.3. The summed E-state index contributed by atoms with van der Waals surface area (Å²) in [6.07, 6.45) is 0.451. The number of ether oxygens (including phenoxy) is 3. The first-order chi connectivity index (χ1) is 19.5. The third-order valence-corrected chi connectivity index (χ3v) is 7.79. The van der Waals surface area contributed by atoms with Gasteiger partial charge < -0.3 is 24.4 Å². The first-order valence-corrected chi connectivity index (χ1v) is 13.8. The number of amides is 1. The van der Waals surface area contributed by atoms with Gasteiger partial charge in [-0.2, -0.15) is 0 Å². The van der Waals surface area contributed by atoms with Crippen molar-refractivity contribution < 1.29 is 33.4 Å². The van der Waals surface area contributed by atoms with Gasteiger partial charge in [0.05, 0.1) is 37.0 Å². The largest absolute Gasteiger partial charge is 0.497 e. The lowest BCUT2D eigenvalue weighted by molar-refractivity contribution is -0.143. The minimum atomic E-state index is -1.95. The molecule has 1 unspecified atom stereocenters. The molecule has 5 rings (SSSR count). The van der Waals surface area contributed by atoms with Crippen molar-refractivity contribution in [3.63, 3.8) is 0 Å². The molecule has 0 saturated carbocycles. The number of rotatable bonds is 6. The molecule has 1 amide bonds. The highest BCUT2D eigenvalue weighted by atomic mass is 35.5. The number of fused-ring (bicyclic) bond motifs is 2. The Morgan fingerprint density at radius 2 is 1.63 bits per heavy atom. The Morgan fingerprint density at radius 1 is 0.976 bits per heavy atom. The smallest absolute Gasteiger partial charge is 0.339 e. The molecule has 0 saturated heterocycles. The van der Waals surface area contributed by atoms with Crippen molar-refractivity contribution >= 4 is 46.6 Å². The van der Waals surface area contributed by atoms with Gasteiger partial charge in [0.25, 0.3) is 5.91 Å². The summed E-state index contributed by atoms with van der Waals surface area (Å²) in [6, 6.07) is 11.8. The van der Waals surface area contributed by atoms with Crippen LogP contribution in [0.15, 0.2) is 64.9 Å². The number of anilines is 2. The molecule has 41 heavy (non-hydrogen) atoms. The number of methoxy groups -OCH3 is 1. The van der Waals surface area contributed by atoms with E-state index < -0.39 is 28.8 Å². The zero-order chi connectivity index (χ0) is 29.7. The summed E-state index contributed by atoms with van der Waals surface area (Å²) in [7, 11) is 1.54. The quantitative estimate of drug-likeness (QED) is 0.472. The molecule has 0 aromatic heterocycles. The van der Waals surface area contributed by atoms with Crippen LogP contribution in [-0.2, 0) is 34.2 Å². The highest BCUT2D eigenvalue weighted by Crippen LogP contribution is 2.57. The minimum Gasteiger partial charge on any atom is -0.497 e. The number of benzene rings is 2. The van der Waals surface area contributed by atoms with E-state index in [0.29, 0.717) is 39.8 Å². The van der Waals surface area contributed by atoms with E-state index in [4.69, 9.17) is 25.8 Å². The first kappa shape index (κ1) is 28.4. The van der Waals surface area contributed by atoms with Crippen LogP contribution in [0.4, 0.5) is 11.4 Å². The number of carbonyl (C=O) groups is 4. The summed E-state index contributed by atoms with van der Waals surface area (Å²) in [5, 5.41) is 3.20. The fourth-order valence-corrected chi connectivity index (χ4v) is 6.23. The SMILES string of the molecule is CCOC(=O)C1=C(C(=O)OCC)C2(C(=O)Nc3ccc(Cl)cc32)N(c2ccc(OC)cc2)C2=C1C(=O)CC(C)(C)C2. The molecule has 2 heterocycles. The number of halogens is 1. The van der Waals surface area contributed by atoms with E-state index in [-0.39, 0.29) is 42.1 Å². The van der Waals surface area contributed by atoms with Gasteiger partial charge in [-0.05, 0) is 68.1 Å². The lowest BCUT2D eigenvalue weighted by Crippen LogP contribution is -2.59. The van der Waals surface area contributed by atoms with Gasteiger partial charge >= 0.3 is 11.9 Å². The first-order valence-electron chi connectivity index (χ1n) is 13.4. The van der Waals surface area contributed by atoms with Gasteiger partial charge in [-0.15, -0.1) is 0 Å². The summed E-state index contributed by atoms with van der Waals surface area (Å²) in [5.74, 6) is -2.16. The van der Waals surface area contributed by atoms with E-state index in [1.807, 2.05) is 13.8 Å². The molecule has 1 spiro atoms. The Kier molecular flexibility index (Phi) is 7.19. The van der Waals surface area contributed by atoms with Crippen molar-refractivity contribution in [3.05, 3.63) is 75.5 Å². The average Bonchev–Trinajstić information content (AvgIpc) is 3.18. The summed E-state index contributed by atoms with van der Waals surface area (Å²) in [4.78, 5) is 57.9. The Hall–Kier alpha value is -4.11. The van der Waals surface area contributed by atoms with Gasteiger partial charge in [0.1, 0.15) is 5.75 Å². The van der Waals surface area contributed by atoms with Crippen LogP contribution < -0.4 is 15.0 Å². The molecule has 214 valence electrons. The Balaban J connectivity index is 2.00. The molecule has 9 nitrogen and oxygen atoms in total. The third-order valence-electron chi connectivity index (χ3n) is 7.56. The predicted molar refractivity (Wildman–Crippen MR) is 153 cm³/mol. The number of Topliss-reactive ketones (excluding diaryl/α,β-unsaturated/α-hetero) is 1. The zero-order valence-electron chi connectivity index (χ0n) is 23.6. The molecule has 1 N–H and O–H groups in total. The van der Waals surface area contributed by atoms with Crippen molar-refractivity contribution in [2.45, 2.75) is 46.1 Å². The third kappa shape index (κ3) is 4.39. The molecule has 2 aromatic rings. The number of nitrogens with zero attached hydrogens (tertiary/aromatic N) is 1. The van der Waals surface area contributed by atoms with Gasteiger partial charge in [-0.1, -0.05) is 25.4 Å². The molecule has 2 aromatic carbocycles. The second-order valence-corrected chi connectivity index (χ2v) is 11.3. The molecule has 0 fully saturated rings. The van der Waals surface area contributed by atoms with Gasteiger partial charge in [-0.3, -0.25) is 9.59 Å². The van der Waals surface area contributed by atoms with Gasteiger partial charge in [0.2, 0.25) is 0 Å². The van der Waals surface area contributed by atoms with Crippen LogP contribution in [0.25, 0.3) is 0 Å². The Bertz CT molecular complexity index is 1540. The molecule has 0 bridgehead atoms. The maximum atomic E-state index is 14.5. The second kappa shape index (κ2) is 10.4. The second-order valence-electron chi connectivity index (χ2n) is 10.8. The molecule has 1 aliphatic carbocycles. The van der Waals surface area contributed by atoms with Crippen LogP contribution in [0.3, 0.4) is 0 Å². The van der Waals surface area contributed by atoms with E-state index in [1.165, 1.54) is 7.11 Å². The van der Waals surface area contributed by atoms with Crippen molar-refractivity contribution in [2.24, 2.45) is 5.41 Å². The number of nitrogens with one attached hydrogen (secondary N) is 1. The van der Waals surface area contributed by atoms with E-state index in [9.17, 15) is 19.2 Å². The molecule has 1 atom stereocenters. The van der Waals surface area contributed by atoms with Crippen molar-refractivity contribution in [1.29, 1.82) is 0 Å². The molecule has 10 heteroatoms. The molecule has 2 aliphatic heterocycles. The Labute approximate surface area is 243 Å². The van der Waals surface area contributed by atoms with E-state index >= 15 is 0 Å². The lowest BCUT2D eigenvalue weighted by Gasteiger charge is -2.50. The Morgan fingerprint density at radius 3 is 2.27 bits per heavy atom. The zero-order valence-corrected chi connectivity index (χ0v) is 24.3. The maximum absolute atomic E-state index is 14.5. The number of hydrogen-bond acceptors (Lipinski definition) is 8. The number of esters is 2. The monoisotopic (exact) mass is 578 g/mol.